The Labute approximate surface area is 87.9 Å². The van der Waals surface area contributed by atoms with E-state index in [0.29, 0.717) is 5.92 Å². The smallest absolute Gasteiger partial charge is 0.0795 e. The van der Waals surface area contributed by atoms with E-state index in [2.05, 4.69) is 13.8 Å². The van der Waals surface area contributed by atoms with E-state index in [0.717, 1.165) is 24.7 Å². The summed E-state index contributed by atoms with van der Waals surface area (Å²) in [4.78, 5) is 0. The molecule has 1 aliphatic carbocycles. The summed E-state index contributed by atoms with van der Waals surface area (Å²) in [5.74, 6) is 1.84. The highest BCUT2D eigenvalue weighted by molar-refractivity contribution is 4.92. The van der Waals surface area contributed by atoms with Crippen LogP contribution in [0.3, 0.4) is 0 Å². The molecular formula is C12H25NO. The zero-order valence-electron chi connectivity index (χ0n) is 9.96. The second kappa shape index (κ2) is 4.19. The van der Waals surface area contributed by atoms with Crippen LogP contribution in [-0.2, 0) is 0 Å². The van der Waals surface area contributed by atoms with Crippen molar-refractivity contribution in [2.24, 2.45) is 23.5 Å². The Morgan fingerprint density at radius 1 is 1.21 bits per heavy atom. The second-order valence-electron chi connectivity index (χ2n) is 5.63. The summed E-state index contributed by atoms with van der Waals surface area (Å²) in [7, 11) is 0. The van der Waals surface area contributed by atoms with Gasteiger partial charge in [-0.25, -0.2) is 0 Å². The Balaban J connectivity index is 2.67. The van der Waals surface area contributed by atoms with Crippen molar-refractivity contribution >= 4 is 0 Å². The van der Waals surface area contributed by atoms with Crippen LogP contribution < -0.4 is 5.73 Å². The van der Waals surface area contributed by atoms with E-state index in [-0.39, 0.29) is 6.04 Å². The van der Waals surface area contributed by atoms with Crippen LogP contribution in [0.2, 0.25) is 0 Å². The monoisotopic (exact) mass is 199 g/mol. The molecule has 4 unspecified atom stereocenters. The molecule has 1 fully saturated rings. The molecule has 0 bridgehead atoms. The number of aliphatic hydroxyl groups is 1. The fourth-order valence-electron chi connectivity index (χ4n) is 2.80. The molecule has 1 rings (SSSR count). The summed E-state index contributed by atoms with van der Waals surface area (Å²) < 4.78 is 0. The standard InChI is InChI=1S/C12H25NO/c1-8-5-9(2)7-11(6-8)12(4,14)10(3)13/h8-11,14H,5-7,13H2,1-4H3. The number of nitrogens with two attached hydrogens (primary N) is 1. The molecule has 0 amide bonds. The highest BCUT2D eigenvalue weighted by Crippen LogP contribution is 2.39. The molecule has 0 heterocycles. The Kier molecular flexibility index (Phi) is 3.59. The SMILES string of the molecule is CC1CC(C)CC(C(C)(O)C(C)N)C1. The van der Waals surface area contributed by atoms with Crippen molar-refractivity contribution in [3.05, 3.63) is 0 Å². The van der Waals surface area contributed by atoms with Crippen LogP contribution in [0.15, 0.2) is 0 Å². The van der Waals surface area contributed by atoms with Crippen LogP contribution in [0.1, 0.15) is 47.0 Å². The van der Waals surface area contributed by atoms with Gasteiger partial charge >= 0.3 is 0 Å². The Bertz CT molecular complexity index is 179. The molecule has 1 saturated carbocycles. The van der Waals surface area contributed by atoms with Gasteiger partial charge in [-0.1, -0.05) is 13.8 Å². The lowest BCUT2D eigenvalue weighted by molar-refractivity contribution is -0.0486. The number of hydrogen-bond acceptors (Lipinski definition) is 2. The third-order valence-corrected chi connectivity index (χ3v) is 3.93. The van der Waals surface area contributed by atoms with Crippen molar-refractivity contribution in [1.29, 1.82) is 0 Å². The van der Waals surface area contributed by atoms with Gasteiger partial charge in [-0.15, -0.1) is 0 Å². The molecule has 0 radical (unpaired) electrons. The van der Waals surface area contributed by atoms with E-state index >= 15 is 0 Å². The molecule has 1 aliphatic rings. The van der Waals surface area contributed by atoms with E-state index in [1.54, 1.807) is 0 Å². The molecular weight excluding hydrogens is 174 g/mol. The first-order valence-corrected chi connectivity index (χ1v) is 5.82. The van der Waals surface area contributed by atoms with Crippen molar-refractivity contribution in [3.63, 3.8) is 0 Å². The topological polar surface area (TPSA) is 46.2 Å². The van der Waals surface area contributed by atoms with E-state index < -0.39 is 5.60 Å². The van der Waals surface area contributed by atoms with Gasteiger partial charge in [0.25, 0.3) is 0 Å². The summed E-state index contributed by atoms with van der Waals surface area (Å²) >= 11 is 0. The summed E-state index contributed by atoms with van der Waals surface area (Å²) in [6, 6.07) is -0.134. The average molecular weight is 199 g/mol. The minimum absolute atomic E-state index is 0.134. The number of hydrogen-bond donors (Lipinski definition) is 2. The molecule has 2 nitrogen and oxygen atoms in total. The van der Waals surface area contributed by atoms with E-state index in [1.165, 1.54) is 6.42 Å². The van der Waals surface area contributed by atoms with Gasteiger partial charge in [0.1, 0.15) is 0 Å². The van der Waals surface area contributed by atoms with E-state index in [4.69, 9.17) is 5.73 Å². The van der Waals surface area contributed by atoms with Gasteiger partial charge in [-0.05, 0) is 50.9 Å². The van der Waals surface area contributed by atoms with Gasteiger partial charge in [-0.2, -0.15) is 0 Å². The van der Waals surface area contributed by atoms with Gasteiger partial charge in [0.15, 0.2) is 0 Å². The fraction of sp³-hybridized carbons (Fsp3) is 1.00. The summed E-state index contributed by atoms with van der Waals surface area (Å²) in [6.45, 7) is 8.36. The Hall–Kier alpha value is -0.0800. The van der Waals surface area contributed by atoms with Crippen LogP contribution >= 0.6 is 0 Å². The van der Waals surface area contributed by atoms with Crippen LogP contribution in [0, 0.1) is 17.8 Å². The van der Waals surface area contributed by atoms with Crippen molar-refractivity contribution in [2.75, 3.05) is 0 Å². The van der Waals surface area contributed by atoms with Crippen molar-refractivity contribution in [2.45, 2.75) is 58.6 Å². The van der Waals surface area contributed by atoms with Gasteiger partial charge in [0.2, 0.25) is 0 Å². The largest absolute Gasteiger partial charge is 0.388 e. The fourth-order valence-corrected chi connectivity index (χ4v) is 2.80. The predicted octanol–water partition coefficient (Wildman–Crippen LogP) is 2.16. The summed E-state index contributed by atoms with van der Waals surface area (Å²) in [5, 5.41) is 10.3. The molecule has 0 spiro atoms. The van der Waals surface area contributed by atoms with Gasteiger partial charge < -0.3 is 10.8 Å². The highest BCUT2D eigenvalue weighted by Gasteiger charge is 2.39. The van der Waals surface area contributed by atoms with Crippen LogP contribution in [-0.4, -0.2) is 16.7 Å². The normalized spacial score (nSPS) is 40.3. The molecule has 2 heteroatoms. The highest BCUT2D eigenvalue weighted by atomic mass is 16.3. The molecule has 84 valence electrons. The maximum Gasteiger partial charge on any atom is 0.0795 e. The van der Waals surface area contributed by atoms with Crippen molar-refractivity contribution in [1.82, 2.24) is 0 Å². The van der Waals surface area contributed by atoms with Gasteiger partial charge in [0, 0.05) is 6.04 Å². The van der Waals surface area contributed by atoms with Gasteiger partial charge in [-0.3, -0.25) is 0 Å². The molecule has 14 heavy (non-hydrogen) atoms. The Morgan fingerprint density at radius 2 is 1.64 bits per heavy atom. The van der Waals surface area contributed by atoms with Crippen LogP contribution in [0.4, 0.5) is 0 Å². The lowest BCUT2D eigenvalue weighted by Crippen LogP contribution is -2.51. The maximum absolute atomic E-state index is 10.3. The third kappa shape index (κ3) is 2.48. The van der Waals surface area contributed by atoms with Crippen LogP contribution in [0.5, 0.6) is 0 Å². The zero-order valence-corrected chi connectivity index (χ0v) is 9.96. The van der Waals surface area contributed by atoms with E-state index in [1.807, 2.05) is 13.8 Å². The first-order chi connectivity index (χ1) is 6.34. The second-order valence-corrected chi connectivity index (χ2v) is 5.63. The van der Waals surface area contributed by atoms with Crippen molar-refractivity contribution < 1.29 is 5.11 Å². The summed E-state index contributed by atoms with van der Waals surface area (Å²) in [6.07, 6.45) is 3.54. The first-order valence-electron chi connectivity index (χ1n) is 5.82. The number of rotatable bonds is 2. The van der Waals surface area contributed by atoms with E-state index in [9.17, 15) is 5.11 Å². The molecule has 0 aromatic rings. The molecule has 0 aromatic carbocycles. The Morgan fingerprint density at radius 3 is 2.00 bits per heavy atom. The third-order valence-electron chi connectivity index (χ3n) is 3.93. The molecule has 4 atom stereocenters. The quantitative estimate of drug-likeness (QED) is 0.716. The lowest BCUT2D eigenvalue weighted by atomic mass is 9.68. The average Bonchev–Trinajstić information content (AvgIpc) is 2.01. The molecule has 0 aromatic heterocycles. The minimum Gasteiger partial charge on any atom is -0.388 e. The lowest BCUT2D eigenvalue weighted by Gasteiger charge is -2.42. The van der Waals surface area contributed by atoms with Crippen LogP contribution in [0.25, 0.3) is 0 Å². The zero-order chi connectivity index (χ0) is 10.9. The minimum atomic E-state index is -0.692. The maximum atomic E-state index is 10.3. The molecule has 3 N–H and O–H groups in total. The van der Waals surface area contributed by atoms with Crippen molar-refractivity contribution in [3.8, 4) is 0 Å². The summed E-state index contributed by atoms with van der Waals surface area (Å²) in [5.41, 5.74) is 5.15. The predicted molar refractivity (Wildman–Crippen MR) is 59.9 cm³/mol. The van der Waals surface area contributed by atoms with Gasteiger partial charge in [0.05, 0.1) is 5.60 Å². The molecule has 0 aliphatic heterocycles. The first kappa shape index (κ1) is 12.0. The molecule has 0 saturated heterocycles.